The highest BCUT2D eigenvalue weighted by atomic mass is 32.2. The van der Waals surface area contributed by atoms with Gasteiger partial charge in [-0.05, 0) is 49.1 Å². The van der Waals surface area contributed by atoms with Crippen molar-refractivity contribution in [3.63, 3.8) is 0 Å². The van der Waals surface area contributed by atoms with Gasteiger partial charge in [-0.1, -0.05) is 49.2 Å². The number of benzene rings is 2. The lowest BCUT2D eigenvalue weighted by atomic mass is 9.95. The van der Waals surface area contributed by atoms with Gasteiger partial charge in [0.25, 0.3) is 5.91 Å². The molecule has 1 atom stereocenters. The van der Waals surface area contributed by atoms with E-state index in [9.17, 15) is 14.4 Å². The Bertz CT molecular complexity index is 1370. The number of hydrogen-bond acceptors (Lipinski definition) is 8. The van der Waals surface area contributed by atoms with Gasteiger partial charge in [-0.2, -0.15) is 4.99 Å². The SMILES string of the molecule is COc1ccc(CCNC(=O)CSC2=Nc3ccccc3C3=NC(=O)C(CC(=O)NC4CCCCC4)N23)cc1OC. The average molecular weight is 578 g/mol. The van der Waals surface area contributed by atoms with Gasteiger partial charge in [0.15, 0.2) is 16.7 Å². The molecule has 5 rings (SSSR count). The molecule has 10 nitrogen and oxygen atoms in total. The quantitative estimate of drug-likeness (QED) is 0.443. The van der Waals surface area contributed by atoms with Crippen molar-refractivity contribution in [1.29, 1.82) is 0 Å². The maximum Gasteiger partial charge on any atom is 0.271 e. The van der Waals surface area contributed by atoms with Gasteiger partial charge in [-0.25, -0.2) is 4.99 Å². The largest absolute Gasteiger partial charge is 0.493 e. The number of aliphatic imine (C=N–C) groups is 2. The third kappa shape index (κ3) is 6.73. The summed E-state index contributed by atoms with van der Waals surface area (Å²) in [6, 6.07) is 12.5. The fourth-order valence-corrected chi connectivity index (χ4v) is 6.25. The molecule has 0 bridgehead atoms. The first-order chi connectivity index (χ1) is 20.0. The number of carbonyl (C=O) groups is 3. The van der Waals surface area contributed by atoms with Crippen molar-refractivity contribution < 1.29 is 23.9 Å². The van der Waals surface area contributed by atoms with E-state index in [2.05, 4.69) is 15.6 Å². The highest BCUT2D eigenvalue weighted by molar-refractivity contribution is 8.14. The molecule has 2 N–H and O–H groups in total. The Kier molecular flexibility index (Phi) is 9.23. The van der Waals surface area contributed by atoms with Crippen molar-refractivity contribution in [1.82, 2.24) is 15.5 Å². The molecule has 3 amide bonds. The van der Waals surface area contributed by atoms with Crippen molar-refractivity contribution >= 4 is 46.2 Å². The molecule has 0 saturated heterocycles. The number of ether oxygens (including phenoxy) is 2. The molecule has 3 aliphatic rings. The molecule has 1 fully saturated rings. The fraction of sp³-hybridized carbons (Fsp3) is 0.433. The van der Waals surface area contributed by atoms with Crippen LogP contribution in [0, 0.1) is 0 Å². The van der Waals surface area contributed by atoms with Gasteiger partial charge in [-0.3, -0.25) is 19.3 Å². The third-order valence-corrected chi connectivity index (χ3v) is 8.43. The molecule has 216 valence electrons. The maximum absolute atomic E-state index is 13.1. The Morgan fingerprint density at radius 1 is 1.00 bits per heavy atom. The lowest BCUT2D eigenvalue weighted by Gasteiger charge is -2.31. The summed E-state index contributed by atoms with van der Waals surface area (Å²) in [5.41, 5.74) is 2.42. The molecule has 1 aliphatic carbocycles. The summed E-state index contributed by atoms with van der Waals surface area (Å²) in [5, 5.41) is 6.53. The fourth-order valence-electron chi connectivity index (χ4n) is 5.37. The zero-order valence-electron chi connectivity index (χ0n) is 23.4. The molecule has 11 heteroatoms. The molecule has 2 heterocycles. The molecule has 2 aliphatic heterocycles. The Labute approximate surface area is 244 Å². The zero-order chi connectivity index (χ0) is 28.8. The Balaban J connectivity index is 1.22. The van der Waals surface area contributed by atoms with E-state index in [0.29, 0.717) is 41.2 Å². The van der Waals surface area contributed by atoms with Crippen molar-refractivity contribution in [2.45, 2.75) is 57.0 Å². The third-order valence-electron chi connectivity index (χ3n) is 7.47. The van der Waals surface area contributed by atoms with Crippen LogP contribution in [0.2, 0.25) is 0 Å². The minimum Gasteiger partial charge on any atom is -0.493 e. The van der Waals surface area contributed by atoms with Crippen LogP contribution in [-0.2, 0) is 20.8 Å². The molecule has 2 aromatic carbocycles. The maximum atomic E-state index is 13.1. The topological polar surface area (TPSA) is 122 Å². The summed E-state index contributed by atoms with van der Waals surface area (Å²) >= 11 is 1.23. The normalized spacial score (nSPS) is 18.1. The number of amides is 3. The second-order valence-electron chi connectivity index (χ2n) is 10.3. The molecule has 0 aromatic heterocycles. The van der Waals surface area contributed by atoms with Crippen LogP contribution >= 0.6 is 11.8 Å². The lowest BCUT2D eigenvalue weighted by molar-refractivity contribution is -0.127. The number of fused-ring (bicyclic) bond motifs is 3. The summed E-state index contributed by atoms with van der Waals surface area (Å²) in [7, 11) is 3.18. The summed E-state index contributed by atoms with van der Waals surface area (Å²) < 4.78 is 10.6. The summed E-state index contributed by atoms with van der Waals surface area (Å²) in [6.45, 7) is 0.447. The van der Waals surface area contributed by atoms with Gasteiger partial charge in [0.1, 0.15) is 11.9 Å². The minimum absolute atomic E-state index is 0.0123. The standard InChI is InChI=1S/C30H35N5O5S/c1-39-24-13-12-19(16-25(24)40-2)14-15-31-27(37)18-41-30-33-22-11-7-6-10-21(22)28-34-29(38)23(35(28)30)17-26(36)32-20-8-4-3-5-9-20/h6-7,10-13,16,20,23H,3-5,8-9,14-15,17-18H2,1-2H3,(H,31,37)(H,32,36). The van der Waals surface area contributed by atoms with Crippen LogP contribution in [0.1, 0.15) is 49.7 Å². The number of methoxy groups -OCH3 is 2. The smallest absolute Gasteiger partial charge is 0.271 e. The molecule has 2 aromatic rings. The number of amidine groups is 2. The van der Waals surface area contributed by atoms with Gasteiger partial charge in [0.05, 0.1) is 32.1 Å². The number of nitrogens with one attached hydrogen (secondary N) is 2. The molecule has 41 heavy (non-hydrogen) atoms. The van der Waals surface area contributed by atoms with E-state index in [1.165, 1.54) is 18.2 Å². The van der Waals surface area contributed by atoms with E-state index < -0.39 is 6.04 Å². The molecule has 1 unspecified atom stereocenters. The van der Waals surface area contributed by atoms with Crippen LogP contribution in [-0.4, -0.2) is 72.2 Å². The van der Waals surface area contributed by atoms with Crippen molar-refractivity contribution in [3.05, 3.63) is 53.6 Å². The first kappa shape index (κ1) is 28.7. The Morgan fingerprint density at radius 2 is 1.78 bits per heavy atom. The van der Waals surface area contributed by atoms with Crippen molar-refractivity contribution in [3.8, 4) is 11.5 Å². The van der Waals surface area contributed by atoms with Crippen molar-refractivity contribution in [2.75, 3.05) is 26.5 Å². The predicted octanol–water partition coefficient (Wildman–Crippen LogP) is 3.59. The molecular formula is C30H35N5O5S. The highest BCUT2D eigenvalue weighted by Crippen LogP contribution is 2.35. The van der Waals surface area contributed by atoms with Gasteiger partial charge in [0, 0.05) is 18.2 Å². The van der Waals surface area contributed by atoms with E-state index in [0.717, 1.165) is 36.8 Å². The molecule has 0 radical (unpaired) electrons. The number of nitrogens with zero attached hydrogens (tertiary/aromatic N) is 3. The van der Waals surface area contributed by atoms with E-state index in [4.69, 9.17) is 14.5 Å². The molecule has 1 saturated carbocycles. The van der Waals surface area contributed by atoms with Crippen LogP contribution in [0.15, 0.2) is 52.4 Å². The first-order valence-electron chi connectivity index (χ1n) is 14.0. The van der Waals surface area contributed by atoms with E-state index in [-0.39, 0.29) is 35.9 Å². The second-order valence-corrected chi connectivity index (χ2v) is 11.2. The number of hydrogen-bond donors (Lipinski definition) is 2. The van der Waals surface area contributed by atoms with Gasteiger partial charge in [0.2, 0.25) is 11.8 Å². The van der Waals surface area contributed by atoms with E-state index in [1.54, 1.807) is 19.1 Å². The number of carbonyl (C=O) groups excluding carboxylic acids is 3. The van der Waals surface area contributed by atoms with Gasteiger partial charge < -0.3 is 20.1 Å². The lowest BCUT2D eigenvalue weighted by Crippen LogP contribution is -2.47. The predicted molar refractivity (Wildman–Crippen MR) is 159 cm³/mol. The van der Waals surface area contributed by atoms with Gasteiger partial charge in [-0.15, -0.1) is 0 Å². The van der Waals surface area contributed by atoms with Crippen LogP contribution in [0.25, 0.3) is 0 Å². The van der Waals surface area contributed by atoms with Crippen molar-refractivity contribution in [2.24, 2.45) is 9.98 Å². The monoisotopic (exact) mass is 577 g/mol. The Morgan fingerprint density at radius 3 is 2.56 bits per heavy atom. The number of thioether (sulfide) groups is 1. The molecule has 0 spiro atoms. The van der Waals surface area contributed by atoms with E-state index >= 15 is 0 Å². The average Bonchev–Trinajstić information content (AvgIpc) is 3.32. The summed E-state index contributed by atoms with van der Waals surface area (Å²) in [4.78, 5) is 49.6. The van der Waals surface area contributed by atoms with Crippen LogP contribution in [0.4, 0.5) is 5.69 Å². The first-order valence-corrected chi connectivity index (χ1v) is 14.9. The minimum atomic E-state index is -0.790. The molecular weight excluding hydrogens is 542 g/mol. The van der Waals surface area contributed by atoms with Crippen LogP contribution in [0.3, 0.4) is 0 Å². The van der Waals surface area contributed by atoms with Crippen LogP contribution in [0.5, 0.6) is 11.5 Å². The zero-order valence-corrected chi connectivity index (χ0v) is 24.2. The Hall–Kier alpha value is -3.86. The van der Waals surface area contributed by atoms with E-state index in [1.807, 2.05) is 42.5 Å². The summed E-state index contributed by atoms with van der Waals surface area (Å²) in [6.07, 6.45) is 5.95. The van der Waals surface area contributed by atoms with Gasteiger partial charge >= 0.3 is 0 Å². The second kappa shape index (κ2) is 13.2. The van der Waals surface area contributed by atoms with Crippen LogP contribution < -0.4 is 20.1 Å². The summed E-state index contributed by atoms with van der Waals surface area (Å²) in [5.74, 6) is 1.18. The number of rotatable bonds is 10. The highest BCUT2D eigenvalue weighted by Gasteiger charge is 2.43. The number of para-hydroxylation sites is 1.